The quantitative estimate of drug-likeness (QED) is 0.299. The number of carbonyl (C=O) groups is 2. The number of carbonyl (C=O) groups excluding carboxylic acids is 2. The zero-order valence-corrected chi connectivity index (χ0v) is 24.8. The largest absolute Gasteiger partial charge is 0.354 e. The summed E-state index contributed by atoms with van der Waals surface area (Å²) in [6, 6.07) is 24.2. The number of hydrogen-bond donors (Lipinski definition) is 1. The molecule has 0 saturated heterocycles. The zero-order valence-electron chi connectivity index (χ0n) is 24.0. The Bertz CT molecular complexity index is 1360. The van der Waals surface area contributed by atoms with E-state index in [1.165, 1.54) is 10.6 Å². The first-order chi connectivity index (χ1) is 19.1. The lowest BCUT2D eigenvalue weighted by Gasteiger charge is -2.32. The minimum absolute atomic E-state index is 0.107. The molecule has 3 aromatic carbocycles. The average Bonchev–Trinajstić information content (AvgIpc) is 2.92. The smallest absolute Gasteiger partial charge is 0.243 e. The molecule has 0 radical (unpaired) electrons. The summed E-state index contributed by atoms with van der Waals surface area (Å²) >= 11 is 0. The Morgan fingerprint density at radius 2 is 1.57 bits per heavy atom. The molecule has 0 bridgehead atoms. The molecule has 0 fully saturated rings. The van der Waals surface area contributed by atoms with Crippen LogP contribution in [-0.4, -0.2) is 50.5 Å². The van der Waals surface area contributed by atoms with Gasteiger partial charge in [-0.25, -0.2) is 8.42 Å². The summed E-state index contributed by atoms with van der Waals surface area (Å²) in [6.07, 6.45) is 2.77. The van der Waals surface area contributed by atoms with E-state index in [-0.39, 0.29) is 31.3 Å². The third kappa shape index (κ3) is 9.23. The van der Waals surface area contributed by atoms with Gasteiger partial charge in [0.25, 0.3) is 0 Å². The fraction of sp³-hybridized carbons (Fsp3) is 0.375. The van der Waals surface area contributed by atoms with Crippen LogP contribution in [0.3, 0.4) is 0 Å². The second kappa shape index (κ2) is 14.7. The summed E-state index contributed by atoms with van der Waals surface area (Å²) < 4.78 is 26.5. The van der Waals surface area contributed by atoms with E-state index < -0.39 is 16.1 Å². The van der Waals surface area contributed by atoms with Gasteiger partial charge in [-0.1, -0.05) is 79.2 Å². The van der Waals surface area contributed by atoms with Crippen LogP contribution in [0.25, 0.3) is 0 Å². The number of nitrogens with zero attached hydrogens (tertiary/aromatic N) is 2. The van der Waals surface area contributed by atoms with E-state index in [4.69, 9.17) is 0 Å². The van der Waals surface area contributed by atoms with Gasteiger partial charge < -0.3 is 10.2 Å². The number of aryl methyl sites for hydroxylation is 2. The number of nitrogens with one attached hydrogen (secondary N) is 1. The second-order valence-corrected chi connectivity index (χ2v) is 12.2. The normalized spacial score (nSPS) is 12.0. The van der Waals surface area contributed by atoms with Crippen molar-refractivity contribution in [2.24, 2.45) is 0 Å². The van der Waals surface area contributed by atoms with Crippen LogP contribution in [0.2, 0.25) is 0 Å². The first kappa shape index (κ1) is 30.9. The van der Waals surface area contributed by atoms with Crippen LogP contribution in [0.4, 0.5) is 5.69 Å². The molecule has 1 atom stereocenters. The minimum atomic E-state index is -3.54. The first-order valence-electron chi connectivity index (χ1n) is 13.8. The molecule has 8 heteroatoms. The van der Waals surface area contributed by atoms with Crippen LogP contribution in [0.1, 0.15) is 48.4 Å². The highest BCUT2D eigenvalue weighted by Crippen LogP contribution is 2.21. The van der Waals surface area contributed by atoms with Gasteiger partial charge in [-0.3, -0.25) is 13.9 Å². The number of benzene rings is 3. The van der Waals surface area contributed by atoms with Crippen molar-refractivity contribution in [3.63, 3.8) is 0 Å². The molecule has 0 saturated carbocycles. The van der Waals surface area contributed by atoms with Crippen molar-refractivity contribution < 1.29 is 18.0 Å². The molecule has 0 aromatic heterocycles. The predicted molar refractivity (Wildman–Crippen MR) is 162 cm³/mol. The van der Waals surface area contributed by atoms with Crippen molar-refractivity contribution in [2.45, 2.75) is 59.0 Å². The standard InChI is InChI=1S/C32H41N3O4S/c1-5-20-33-32(37)30(23-27-12-7-6-8-13-27)34(24-28-18-16-25(2)17-19-28)31(36)15-10-21-35(40(4,38)39)29-14-9-11-26(3)22-29/h6-9,11-14,16-19,22,30H,5,10,15,20-21,23-24H2,1-4H3,(H,33,37). The molecule has 1 N–H and O–H groups in total. The lowest BCUT2D eigenvalue weighted by Crippen LogP contribution is -2.50. The summed E-state index contributed by atoms with van der Waals surface area (Å²) in [4.78, 5) is 28.9. The van der Waals surface area contributed by atoms with Crippen LogP contribution in [-0.2, 0) is 32.6 Å². The number of amides is 2. The molecule has 0 aliphatic rings. The van der Waals surface area contributed by atoms with E-state index >= 15 is 0 Å². The Morgan fingerprint density at radius 1 is 0.875 bits per heavy atom. The first-order valence-corrected chi connectivity index (χ1v) is 15.6. The third-order valence-corrected chi connectivity index (χ3v) is 7.93. The predicted octanol–water partition coefficient (Wildman–Crippen LogP) is 5.02. The Morgan fingerprint density at radius 3 is 2.20 bits per heavy atom. The fourth-order valence-electron chi connectivity index (χ4n) is 4.60. The molecular formula is C32H41N3O4S. The summed E-state index contributed by atoms with van der Waals surface area (Å²) in [5, 5.41) is 2.98. The Hall–Kier alpha value is -3.65. The van der Waals surface area contributed by atoms with Crippen LogP contribution >= 0.6 is 0 Å². The van der Waals surface area contributed by atoms with E-state index in [1.54, 1.807) is 11.0 Å². The molecule has 3 aromatic rings. The SMILES string of the molecule is CCCNC(=O)C(Cc1ccccc1)N(Cc1ccc(C)cc1)C(=O)CCCN(c1cccc(C)c1)S(C)(=O)=O. The van der Waals surface area contributed by atoms with E-state index in [2.05, 4.69) is 5.32 Å². The number of sulfonamides is 1. The van der Waals surface area contributed by atoms with Gasteiger partial charge in [0.1, 0.15) is 6.04 Å². The van der Waals surface area contributed by atoms with Crippen LogP contribution in [0, 0.1) is 13.8 Å². The summed E-state index contributed by atoms with van der Waals surface area (Å²) in [5.41, 5.74) is 4.53. The summed E-state index contributed by atoms with van der Waals surface area (Å²) in [5.74, 6) is -0.380. The number of anilines is 1. The molecule has 0 aliphatic heterocycles. The topological polar surface area (TPSA) is 86.8 Å². The minimum Gasteiger partial charge on any atom is -0.354 e. The van der Waals surface area contributed by atoms with Crippen LogP contribution in [0.15, 0.2) is 78.9 Å². The molecular weight excluding hydrogens is 522 g/mol. The zero-order chi connectivity index (χ0) is 29.1. The van der Waals surface area contributed by atoms with Gasteiger partial charge in [0.2, 0.25) is 21.8 Å². The lowest BCUT2D eigenvalue weighted by atomic mass is 10.0. The van der Waals surface area contributed by atoms with Gasteiger partial charge in [-0.2, -0.15) is 0 Å². The van der Waals surface area contributed by atoms with Gasteiger partial charge in [0, 0.05) is 32.5 Å². The van der Waals surface area contributed by atoms with Crippen molar-refractivity contribution >= 4 is 27.5 Å². The maximum Gasteiger partial charge on any atom is 0.243 e. The van der Waals surface area contributed by atoms with E-state index in [9.17, 15) is 18.0 Å². The molecule has 214 valence electrons. The molecule has 0 spiro atoms. The van der Waals surface area contributed by atoms with E-state index in [0.29, 0.717) is 25.1 Å². The van der Waals surface area contributed by atoms with Crippen molar-refractivity contribution in [1.82, 2.24) is 10.2 Å². The van der Waals surface area contributed by atoms with Gasteiger partial charge >= 0.3 is 0 Å². The van der Waals surface area contributed by atoms with Gasteiger partial charge in [-0.05, 0) is 55.5 Å². The van der Waals surface area contributed by atoms with E-state index in [0.717, 1.165) is 28.7 Å². The van der Waals surface area contributed by atoms with Crippen molar-refractivity contribution in [3.05, 3.63) is 101 Å². The summed E-state index contributed by atoms with van der Waals surface area (Å²) in [7, 11) is -3.54. The second-order valence-electron chi connectivity index (χ2n) is 10.3. The van der Waals surface area contributed by atoms with Gasteiger partial charge in [0.15, 0.2) is 0 Å². The molecule has 1 unspecified atom stereocenters. The van der Waals surface area contributed by atoms with E-state index in [1.807, 2.05) is 93.6 Å². The highest BCUT2D eigenvalue weighted by molar-refractivity contribution is 7.92. The van der Waals surface area contributed by atoms with Crippen molar-refractivity contribution in [3.8, 4) is 0 Å². The Labute approximate surface area is 239 Å². The maximum atomic E-state index is 13.8. The monoisotopic (exact) mass is 563 g/mol. The van der Waals surface area contributed by atoms with Crippen LogP contribution in [0.5, 0.6) is 0 Å². The van der Waals surface area contributed by atoms with Crippen LogP contribution < -0.4 is 9.62 Å². The Kier molecular flexibility index (Phi) is 11.3. The fourth-order valence-corrected chi connectivity index (χ4v) is 5.55. The summed E-state index contributed by atoms with van der Waals surface area (Å²) in [6.45, 7) is 6.87. The van der Waals surface area contributed by atoms with Crippen molar-refractivity contribution in [2.75, 3.05) is 23.7 Å². The molecule has 0 aliphatic carbocycles. The number of hydrogen-bond acceptors (Lipinski definition) is 4. The van der Waals surface area contributed by atoms with Gasteiger partial charge in [-0.15, -0.1) is 0 Å². The van der Waals surface area contributed by atoms with Crippen molar-refractivity contribution in [1.29, 1.82) is 0 Å². The third-order valence-electron chi connectivity index (χ3n) is 6.74. The molecule has 3 rings (SSSR count). The molecule has 2 amide bonds. The Balaban J connectivity index is 1.86. The highest BCUT2D eigenvalue weighted by Gasteiger charge is 2.30. The highest BCUT2D eigenvalue weighted by atomic mass is 32.2. The molecule has 7 nitrogen and oxygen atoms in total. The molecule has 40 heavy (non-hydrogen) atoms. The maximum absolute atomic E-state index is 13.8. The lowest BCUT2D eigenvalue weighted by molar-refractivity contribution is -0.141. The average molecular weight is 564 g/mol. The van der Waals surface area contributed by atoms with Gasteiger partial charge in [0.05, 0.1) is 11.9 Å². The number of rotatable bonds is 14. The molecule has 0 heterocycles.